The van der Waals surface area contributed by atoms with Gasteiger partial charge in [0.2, 0.25) is 5.91 Å². The van der Waals surface area contributed by atoms with Crippen LogP contribution in [0.25, 0.3) is 0 Å². The molecule has 166 valence electrons. The van der Waals surface area contributed by atoms with Gasteiger partial charge in [-0.3, -0.25) is 14.7 Å². The Labute approximate surface area is 182 Å². The number of hydrogen-bond acceptors (Lipinski definition) is 3. The predicted molar refractivity (Wildman–Crippen MR) is 125 cm³/mol. The number of allylic oxidation sites excluding steroid dienone is 1. The van der Waals surface area contributed by atoms with Crippen molar-refractivity contribution in [3.63, 3.8) is 0 Å². The van der Waals surface area contributed by atoms with Gasteiger partial charge in [0.15, 0.2) is 5.96 Å². The van der Waals surface area contributed by atoms with Crippen molar-refractivity contribution in [2.75, 3.05) is 33.7 Å². The molecule has 0 saturated carbocycles. The molecule has 6 heteroatoms. The second-order valence-electron chi connectivity index (χ2n) is 8.26. The highest BCUT2D eigenvalue weighted by Gasteiger charge is 2.23. The van der Waals surface area contributed by atoms with Crippen molar-refractivity contribution >= 4 is 11.9 Å². The molecule has 0 radical (unpaired) electrons. The number of aliphatic imine (C=N–C) groups is 1. The van der Waals surface area contributed by atoms with E-state index >= 15 is 0 Å². The summed E-state index contributed by atoms with van der Waals surface area (Å²) in [7, 11) is 3.92. The third-order valence-electron chi connectivity index (χ3n) is 5.73. The Bertz CT molecular complexity index is 703. The summed E-state index contributed by atoms with van der Waals surface area (Å²) >= 11 is 0. The molecular weight excluding hydrogens is 374 g/mol. The number of primary amides is 1. The van der Waals surface area contributed by atoms with Crippen LogP contribution >= 0.6 is 0 Å². The molecule has 1 aliphatic rings. The van der Waals surface area contributed by atoms with E-state index in [1.54, 1.807) is 0 Å². The predicted octanol–water partition coefficient (Wildman–Crippen LogP) is 3.14. The van der Waals surface area contributed by atoms with Crippen molar-refractivity contribution in [1.29, 1.82) is 0 Å². The van der Waals surface area contributed by atoms with Gasteiger partial charge < -0.3 is 16.0 Å². The van der Waals surface area contributed by atoms with E-state index in [1.165, 1.54) is 24.0 Å². The standard InChI is InChI=1S/C24H39N5O/c1-4-5-6-7-8-14-28(3)24(26-2)27-17-20-11-9-12-21(16-20)18-29-15-10-13-22(19-29)23(25)30/h4,9,11-12,16,22H,1,5-8,10,13-15,17-19H2,2-3H3,(H2,25,30)(H,26,27). The lowest BCUT2D eigenvalue weighted by molar-refractivity contribution is -0.123. The first-order valence-electron chi connectivity index (χ1n) is 11.2. The summed E-state index contributed by atoms with van der Waals surface area (Å²) in [5, 5.41) is 3.48. The maximum absolute atomic E-state index is 11.5. The number of rotatable bonds is 11. The number of likely N-dealkylation sites (tertiary alicyclic amines) is 1. The maximum atomic E-state index is 11.5. The molecule has 1 unspecified atom stereocenters. The third kappa shape index (κ3) is 8.19. The van der Waals surface area contributed by atoms with Crippen molar-refractivity contribution in [3.05, 3.63) is 48.0 Å². The van der Waals surface area contributed by atoms with Crippen LogP contribution in [-0.4, -0.2) is 55.4 Å². The highest BCUT2D eigenvalue weighted by atomic mass is 16.1. The van der Waals surface area contributed by atoms with Crippen molar-refractivity contribution in [2.45, 2.75) is 51.6 Å². The summed E-state index contributed by atoms with van der Waals surface area (Å²) in [4.78, 5) is 20.5. The lowest BCUT2D eigenvalue weighted by Gasteiger charge is -2.31. The Morgan fingerprint density at radius 3 is 2.90 bits per heavy atom. The minimum Gasteiger partial charge on any atom is -0.369 e. The Morgan fingerprint density at radius 2 is 2.17 bits per heavy atom. The van der Waals surface area contributed by atoms with Gasteiger partial charge in [0.05, 0.1) is 5.92 Å². The maximum Gasteiger partial charge on any atom is 0.221 e. The fourth-order valence-electron chi connectivity index (χ4n) is 4.01. The molecule has 0 aliphatic carbocycles. The third-order valence-corrected chi connectivity index (χ3v) is 5.73. The highest BCUT2D eigenvalue weighted by Crippen LogP contribution is 2.18. The van der Waals surface area contributed by atoms with Crippen LogP contribution < -0.4 is 11.1 Å². The zero-order valence-electron chi connectivity index (χ0n) is 18.8. The van der Waals surface area contributed by atoms with Gasteiger partial charge in [-0.15, -0.1) is 6.58 Å². The van der Waals surface area contributed by atoms with Gasteiger partial charge in [-0.05, 0) is 49.8 Å². The monoisotopic (exact) mass is 413 g/mol. The molecule has 1 fully saturated rings. The summed E-state index contributed by atoms with van der Waals surface area (Å²) in [6.07, 6.45) is 8.59. The number of piperidine rings is 1. The summed E-state index contributed by atoms with van der Waals surface area (Å²) < 4.78 is 0. The molecule has 1 aromatic carbocycles. The Kier molecular flexibility index (Phi) is 10.4. The zero-order valence-corrected chi connectivity index (χ0v) is 18.8. The fraction of sp³-hybridized carbons (Fsp3) is 0.583. The van der Waals surface area contributed by atoms with Crippen LogP contribution in [0.15, 0.2) is 41.9 Å². The molecule has 6 nitrogen and oxygen atoms in total. The van der Waals surface area contributed by atoms with Gasteiger partial charge in [-0.25, -0.2) is 0 Å². The average Bonchev–Trinajstić information content (AvgIpc) is 2.74. The number of unbranched alkanes of at least 4 members (excludes halogenated alkanes) is 3. The zero-order chi connectivity index (χ0) is 21.8. The molecule has 0 aromatic heterocycles. The first kappa shape index (κ1) is 23.9. The normalized spacial score (nSPS) is 17.5. The van der Waals surface area contributed by atoms with Crippen molar-refractivity contribution in [2.24, 2.45) is 16.6 Å². The molecule has 1 heterocycles. The summed E-state index contributed by atoms with van der Waals surface area (Å²) in [5.74, 6) is 0.734. The van der Waals surface area contributed by atoms with Crippen molar-refractivity contribution in [1.82, 2.24) is 15.1 Å². The molecule has 1 aromatic rings. The van der Waals surface area contributed by atoms with Gasteiger partial charge >= 0.3 is 0 Å². The first-order chi connectivity index (χ1) is 14.5. The number of guanidine groups is 1. The summed E-state index contributed by atoms with van der Waals surface area (Å²) in [6.45, 7) is 8.16. The van der Waals surface area contributed by atoms with Crippen LogP contribution in [0.1, 0.15) is 49.7 Å². The quantitative estimate of drug-likeness (QED) is 0.253. The van der Waals surface area contributed by atoms with Gasteiger partial charge in [0, 0.05) is 40.3 Å². The average molecular weight is 414 g/mol. The van der Waals surface area contributed by atoms with E-state index in [4.69, 9.17) is 5.73 Å². The van der Waals surface area contributed by atoms with Gasteiger partial charge in [0.25, 0.3) is 0 Å². The molecular formula is C24H39N5O. The Morgan fingerprint density at radius 1 is 1.37 bits per heavy atom. The number of benzene rings is 1. The fourth-order valence-corrected chi connectivity index (χ4v) is 4.01. The van der Waals surface area contributed by atoms with Crippen LogP contribution in [0, 0.1) is 5.92 Å². The number of nitrogens with one attached hydrogen (secondary N) is 1. The lowest BCUT2D eigenvalue weighted by Crippen LogP contribution is -2.40. The minimum atomic E-state index is -0.172. The first-order valence-corrected chi connectivity index (χ1v) is 11.2. The molecule has 3 N–H and O–H groups in total. The van der Waals surface area contributed by atoms with Crippen LogP contribution in [0.4, 0.5) is 0 Å². The van der Waals surface area contributed by atoms with Gasteiger partial charge in [-0.2, -0.15) is 0 Å². The Hall–Kier alpha value is -2.34. The second kappa shape index (κ2) is 13.1. The molecule has 2 rings (SSSR count). The number of carbonyl (C=O) groups excluding carboxylic acids is 1. The number of nitrogens with two attached hydrogens (primary N) is 1. The molecule has 30 heavy (non-hydrogen) atoms. The molecule has 0 bridgehead atoms. The van der Waals surface area contributed by atoms with Crippen molar-refractivity contribution < 1.29 is 4.79 Å². The number of nitrogens with zero attached hydrogens (tertiary/aromatic N) is 3. The van der Waals surface area contributed by atoms with E-state index in [0.29, 0.717) is 0 Å². The lowest BCUT2D eigenvalue weighted by atomic mass is 9.97. The summed E-state index contributed by atoms with van der Waals surface area (Å²) in [6, 6.07) is 8.64. The van der Waals surface area contributed by atoms with Gasteiger partial charge in [0.1, 0.15) is 0 Å². The molecule has 1 aliphatic heterocycles. The molecule has 1 saturated heterocycles. The molecule has 1 amide bonds. The smallest absolute Gasteiger partial charge is 0.221 e. The van der Waals surface area contributed by atoms with Gasteiger partial charge in [-0.1, -0.05) is 36.8 Å². The topological polar surface area (TPSA) is 74.0 Å². The number of carbonyl (C=O) groups is 1. The minimum absolute atomic E-state index is 0.0146. The molecule has 0 spiro atoms. The van der Waals surface area contributed by atoms with E-state index in [0.717, 1.165) is 64.4 Å². The van der Waals surface area contributed by atoms with E-state index in [-0.39, 0.29) is 11.8 Å². The number of hydrogen-bond donors (Lipinski definition) is 2. The van der Waals surface area contributed by atoms with E-state index in [9.17, 15) is 4.79 Å². The van der Waals surface area contributed by atoms with E-state index in [1.807, 2.05) is 13.1 Å². The largest absolute Gasteiger partial charge is 0.369 e. The molecule has 1 atom stereocenters. The van der Waals surface area contributed by atoms with E-state index < -0.39 is 0 Å². The SMILES string of the molecule is C=CCCCCCN(C)C(=NC)NCc1cccc(CN2CCCC(C(N)=O)C2)c1. The van der Waals surface area contributed by atoms with E-state index in [2.05, 4.69) is 58.0 Å². The summed E-state index contributed by atoms with van der Waals surface area (Å²) in [5.41, 5.74) is 8.01. The van der Waals surface area contributed by atoms with Crippen LogP contribution in [0.3, 0.4) is 0 Å². The van der Waals surface area contributed by atoms with Crippen LogP contribution in [0.5, 0.6) is 0 Å². The second-order valence-corrected chi connectivity index (χ2v) is 8.26. The van der Waals surface area contributed by atoms with Crippen LogP contribution in [0.2, 0.25) is 0 Å². The van der Waals surface area contributed by atoms with Crippen molar-refractivity contribution in [3.8, 4) is 0 Å². The Balaban J connectivity index is 1.82. The highest BCUT2D eigenvalue weighted by molar-refractivity contribution is 5.79. The number of amides is 1. The van der Waals surface area contributed by atoms with Crippen LogP contribution in [-0.2, 0) is 17.9 Å².